The summed E-state index contributed by atoms with van der Waals surface area (Å²) in [4.78, 5) is 37.9. The molecule has 0 spiro atoms. The molecule has 0 aromatic heterocycles. The Morgan fingerprint density at radius 3 is 1.84 bits per heavy atom. The van der Waals surface area contributed by atoms with E-state index >= 15 is 0 Å². The topological polar surface area (TPSA) is 228 Å². The van der Waals surface area contributed by atoms with Crippen molar-refractivity contribution in [3.63, 3.8) is 0 Å². The summed E-state index contributed by atoms with van der Waals surface area (Å²) < 4.78 is 32.2. The van der Waals surface area contributed by atoms with E-state index in [-0.39, 0.29) is 35.2 Å². The summed E-state index contributed by atoms with van der Waals surface area (Å²) in [7, 11) is 2.26. The molecule has 50 heavy (non-hydrogen) atoms. The van der Waals surface area contributed by atoms with Crippen molar-refractivity contribution in [2.75, 3.05) is 20.8 Å². The minimum Gasteiger partial charge on any atom is -0.467 e. The Morgan fingerprint density at radius 2 is 1.22 bits per heavy atom. The van der Waals surface area contributed by atoms with Crippen LogP contribution in [0.25, 0.3) is 0 Å². The van der Waals surface area contributed by atoms with Crippen LogP contribution in [-0.2, 0) is 42.8 Å². The number of esters is 2. The Balaban J connectivity index is 1.06. The zero-order valence-corrected chi connectivity index (χ0v) is 29.2. The van der Waals surface area contributed by atoms with Gasteiger partial charge >= 0.3 is 11.9 Å². The zero-order chi connectivity index (χ0) is 36.3. The highest BCUT2D eigenvalue weighted by Crippen LogP contribution is 2.67. The van der Waals surface area contributed by atoms with Crippen LogP contribution in [0.3, 0.4) is 0 Å². The van der Waals surface area contributed by atoms with Crippen LogP contribution in [0.2, 0.25) is 0 Å². The van der Waals surface area contributed by atoms with Crippen LogP contribution < -0.4 is 0 Å². The second kappa shape index (κ2) is 14.6. The molecule has 6 rings (SSSR count). The fourth-order valence-electron chi connectivity index (χ4n) is 10.9. The molecular formula is C35H54O15. The summed E-state index contributed by atoms with van der Waals surface area (Å²) in [6.07, 6.45) is -8.08. The van der Waals surface area contributed by atoms with Crippen LogP contribution in [0.15, 0.2) is 0 Å². The fourth-order valence-corrected chi connectivity index (χ4v) is 10.9. The van der Waals surface area contributed by atoms with E-state index in [1.165, 1.54) is 0 Å². The predicted octanol–water partition coefficient (Wildman–Crippen LogP) is -0.423. The summed E-state index contributed by atoms with van der Waals surface area (Å²) in [5, 5.41) is 62.1. The minimum absolute atomic E-state index is 0.0572. The number of hydrogen-bond donors (Lipinski definition) is 6. The van der Waals surface area contributed by atoms with E-state index in [0.717, 1.165) is 65.6 Å². The first-order chi connectivity index (χ1) is 23.7. The second-order valence-electron chi connectivity index (χ2n) is 16.0. The normalized spacial score (nSPS) is 50.4. The van der Waals surface area contributed by atoms with Gasteiger partial charge in [0.15, 0.2) is 30.6 Å². The third-order valence-corrected chi connectivity index (χ3v) is 13.7. The molecule has 6 fully saturated rings. The average Bonchev–Trinajstić information content (AvgIpc) is 3.47. The summed E-state index contributed by atoms with van der Waals surface area (Å²) in [6, 6.07) is 0. The molecule has 15 heteroatoms. The lowest BCUT2D eigenvalue weighted by molar-refractivity contribution is -0.310. The van der Waals surface area contributed by atoms with E-state index in [4.69, 9.17) is 23.7 Å². The van der Waals surface area contributed by atoms with Crippen molar-refractivity contribution in [3.8, 4) is 0 Å². The van der Waals surface area contributed by atoms with Gasteiger partial charge in [0, 0.05) is 5.92 Å². The first-order valence-corrected chi connectivity index (χ1v) is 18.0. The van der Waals surface area contributed by atoms with E-state index in [2.05, 4.69) is 18.6 Å². The van der Waals surface area contributed by atoms with Crippen LogP contribution in [0.5, 0.6) is 0 Å². The number of aliphatic hydroxyl groups excluding tert-OH is 6. The van der Waals surface area contributed by atoms with Gasteiger partial charge in [-0.2, -0.15) is 0 Å². The minimum atomic E-state index is -1.72. The summed E-state index contributed by atoms with van der Waals surface area (Å²) in [5.41, 5.74) is -0.168. The number of hydrogen-bond acceptors (Lipinski definition) is 15. The third kappa shape index (κ3) is 6.43. The van der Waals surface area contributed by atoms with Crippen molar-refractivity contribution in [1.82, 2.24) is 0 Å². The Hall–Kier alpha value is -1.79. The molecule has 18 atom stereocenters. The van der Waals surface area contributed by atoms with Crippen LogP contribution in [-0.4, -0.2) is 137 Å². The highest BCUT2D eigenvalue weighted by Gasteiger charge is 2.62. The molecule has 0 unspecified atom stereocenters. The van der Waals surface area contributed by atoms with Gasteiger partial charge in [-0.15, -0.1) is 0 Å². The van der Waals surface area contributed by atoms with Gasteiger partial charge in [-0.3, -0.25) is 4.79 Å². The van der Waals surface area contributed by atoms with Crippen molar-refractivity contribution in [1.29, 1.82) is 0 Å². The van der Waals surface area contributed by atoms with Gasteiger partial charge in [0.1, 0.15) is 43.2 Å². The maximum atomic E-state index is 13.7. The molecule has 6 aliphatic rings. The molecule has 4 saturated carbocycles. The molecule has 2 saturated heterocycles. The standard InChI is InChI=1S/C35H54O15/c1-34-11-9-16(48-33-27(42)23(38)25(40)29(50-33)31(44)46-4)13-15(34)5-6-17-18-7-8-20(35(18,2)12-10-19(17)34)21(36)14-47-32-26(41)22(37)24(39)28(49-32)30(43)45-3/h15-20,22-29,32-33,37-42H,5-14H2,1-4H3/t15-,16-,17+,18-,19+,20+,22-,23+,24-,25+,26+,27-,28-,29-,32+,33-,34-,35+/m1/s1. The smallest absolute Gasteiger partial charge is 0.337 e. The number of Topliss-reactive ketones (excluding diaryl/α,β-unsaturated/α-hetero) is 1. The number of fused-ring (bicyclic) bond motifs is 5. The highest BCUT2D eigenvalue weighted by molar-refractivity contribution is 5.83. The predicted molar refractivity (Wildman–Crippen MR) is 168 cm³/mol. The molecule has 0 amide bonds. The lowest BCUT2D eigenvalue weighted by atomic mass is 9.44. The SMILES string of the molecule is COC(=O)[C@@H]1O[C@H](OCC(=O)[C@@H]2CC[C@@H]3[C@@H]4CC[C@@H]5C[C@H](O[C@@H]6O[C@@H](C(=O)OC)[C@@H](O)[C@H](O)[C@H]6O)CC[C@@]5(C)[C@H]4CC[C@@]32C)[C@@H](O)[C@H](O)[C@H]1O. The van der Waals surface area contributed by atoms with Gasteiger partial charge in [0.05, 0.1) is 20.3 Å². The summed E-state index contributed by atoms with van der Waals surface area (Å²) >= 11 is 0. The number of rotatable bonds is 8. The number of ketones is 1. The van der Waals surface area contributed by atoms with Crippen molar-refractivity contribution in [2.45, 2.75) is 139 Å². The van der Waals surface area contributed by atoms with Crippen molar-refractivity contribution < 1.29 is 73.4 Å². The molecule has 284 valence electrons. The molecular weight excluding hydrogens is 660 g/mol. The molecule has 4 aliphatic carbocycles. The number of methoxy groups -OCH3 is 2. The monoisotopic (exact) mass is 714 g/mol. The number of ether oxygens (including phenoxy) is 6. The third-order valence-electron chi connectivity index (χ3n) is 13.7. The molecule has 0 bridgehead atoms. The number of carbonyl (C=O) groups is 3. The Morgan fingerprint density at radius 1 is 0.660 bits per heavy atom. The van der Waals surface area contributed by atoms with E-state index < -0.39 is 73.4 Å². The van der Waals surface area contributed by atoms with E-state index in [1.54, 1.807) is 0 Å². The molecule has 0 radical (unpaired) electrons. The quantitative estimate of drug-likeness (QED) is 0.139. The van der Waals surface area contributed by atoms with E-state index in [9.17, 15) is 45.0 Å². The van der Waals surface area contributed by atoms with Crippen LogP contribution >= 0.6 is 0 Å². The first kappa shape index (κ1) is 38.0. The van der Waals surface area contributed by atoms with Crippen LogP contribution in [0, 0.1) is 40.4 Å². The van der Waals surface area contributed by atoms with Crippen molar-refractivity contribution in [2.24, 2.45) is 40.4 Å². The number of aliphatic hydroxyl groups is 6. The first-order valence-electron chi connectivity index (χ1n) is 18.0. The molecule has 0 aromatic rings. The lowest BCUT2D eigenvalue weighted by Crippen LogP contribution is -2.61. The average molecular weight is 715 g/mol. The Bertz CT molecular complexity index is 1260. The summed E-state index contributed by atoms with van der Waals surface area (Å²) in [6.45, 7) is 4.22. The summed E-state index contributed by atoms with van der Waals surface area (Å²) in [5.74, 6) is -0.515. The molecule has 2 aliphatic heterocycles. The van der Waals surface area contributed by atoms with Crippen LogP contribution in [0.1, 0.15) is 71.6 Å². The number of carbonyl (C=O) groups excluding carboxylic acids is 3. The molecule has 6 N–H and O–H groups in total. The second-order valence-corrected chi connectivity index (χ2v) is 16.0. The molecule has 2 heterocycles. The van der Waals surface area contributed by atoms with E-state index in [0.29, 0.717) is 30.1 Å². The fraction of sp³-hybridized carbons (Fsp3) is 0.914. The zero-order valence-electron chi connectivity index (χ0n) is 29.2. The largest absolute Gasteiger partial charge is 0.467 e. The van der Waals surface area contributed by atoms with Gasteiger partial charge in [-0.1, -0.05) is 13.8 Å². The molecule has 15 nitrogen and oxygen atoms in total. The maximum Gasteiger partial charge on any atom is 0.337 e. The van der Waals surface area contributed by atoms with E-state index in [1.807, 2.05) is 0 Å². The van der Waals surface area contributed by atoms with Crippen molar-refractivity contribution in [3.05, 3.63) is 0 Å². The Labute approximate surface area is 291 Å². The van der Waals surface area contributed by atoms with Gasteiger partial charge in [-0.25, -0.2) is 9.59 Å². The highest BCUT2D eigenvalue weighted by atomic mass is 16.7. The maximum absolute atomic E-state index is 13.7. The van der Waals surface area contributed by atoms with Gasteiger partial charge < -0.3 is 59.1 Å². The van der Waals surface area contributed by atoms with Crippen molar-refractivity contribution >= 4 is 17.7 Å². The van der Waals surface area contributed by atoms with Crippen LogP contribution in [0.4, 0.5) is 0 Å². The van der Waals surface area contributed by atoms with Gasteiger partial charge in [0.2, 0.25) is 0 Å². The van der Waals surface area contributed by atoms with Gasteiger partial charge in [0.25, 0.3) is 0 Å². The molecule has 0 aromatic carbocycles. The van der Waals surface area contributed by atoms with Gasteiger partial charge in [-0.05, 0) is 92.3 Å². The Kier molecular flexibility index (Phi) is 11.1. The lowest BCUT2D eigenvalue weighted by Gasteiger charge is -2.61.